The summed E-state index contributed by atoms with van der Waals surface area (Å²) in [6, 6.07) is 2.12. The molecule has 1 aromatic rings. The lowest BCUT2D eigenvalue weighted by atomic mass is 10.2. The number of nitriles is 1. The van der Waals surface area contributed by atoms with Crippen molar-refractivity contribution in [3.05, 3.63) is 10.4 Å². The summed E-state index contributed by atoms with van der Waals surface area (Å²) in [6.45, 7) is 4.12. The van der Waals surface area contributed by atoms with Crippen LogP contribution in [0.5, 0.6) is 0 Å². The Morgan fingerprint density at radius 3 is 3.05 bits per heavy atom. The Morgan fingerprint density at radius 1 is 1.70 bits per heavy atom. The minimum Gasteiger partial charge on any atom is -0.396 e. The fourth-order valence-electron chi connectivity index (χ4n) is 2.20. The van der Waals surface area contributed by atoms with Crippen LogP contribution in [-0.4, -0.2) is 38.8 Å². The molecule has 7 heteroatoms. The molecule has 1 amide bonds. The zero-order chi connectivity index (χ0) is 14.7. The molecule has 0 radical (unpaired) electrons. The van der Waals surface area contributed by atoms with Crippen molar-refractivity contribution in [2.75, 3.05) is 37.4 Å². The molecule has 1 saturated heterocycles. The van der Waals surface area contributed by atoms with Gasteiger partial charge in [-0.05, 0) is 6.42 Å². The van der Waals surface area contributed by atoms with Gasteiger partial charge in [-0.1, -0.05) is 6.92 Å². The normalized spacial score (nSPS) is 18.6. The van der Waals surface area contributed by atoms with Crippen LogP contribution in [-0.2, 0) is 4.74 Å². The number of hydrogen-bond acceptors (Lipinski definition) is 6. The average Bonchev–Trinajstić information content (AvgIpc) is 2.83. The summed E-state index contributed by atoms with van der Waals surface area (Å²) < 4.78 is 5.63. The van der Waals surface area contributed by atoms with Crippen molar-refractivity contribution in [3.63, 3.8) is 0 Å². The van der Waals surface area contributed by atoms with E-state index in [1.807, 2.05) is 0 Å². The number of carbonyl (C=O) groups excluding carboxylic acids is 1. The fourth-order valence-corrected chi connectivity index (χ4v) is 3.35. The molecule has 1 unspecified atom stereocenters. The molecule has 108 valence electrons. The lowest BCUT2D eigenvalue weighted by Crippen LogP contribution is -2.42. The summed E-state index contributed by atoms with van der Waals surface area (Å²) >= 11 is 1.27. The molecule has 1 aliphatic rings. The second kappa shape index (κ2) is 6.11. The van der Waals surface area contributed by atoms with E-state index in [2.05, 4.69) is 23.2 Å². The number of nitrogens with zero attached hydrogens (tertiary/aromatic N) is 2. The first-order valence-corrected chi connectivity index (χ1v) is 7.35. The molecule has 20 heavy (non-hydrogen) atoms. The molecule has 1 aromatic heterocycles. The SMILES string of the molecule is CCC1CN(c2sc(C(=O)NC)c(N)c2C#N)CCO1. The number of rotatable bonds is 3. The summed E-state index contributed by atoms with van der Waals surface area (Å²) in [6.07, 6.45) is 1.07. The summed E-state index contributed by atoms with van der Waals surface area (Å²) in [7, 11) is 1.55. The number of nitrogens with one attached hydrogen (secondary N) is 1. The van der Waals surface area contributed by atoms with E-state index in [9.17, 15) is 10.1 Å². The Hall–Kier alpha value is -1.78. The largest absolute Gasteiger partial charge is 0.396 e. The van der Waals surface area contributed by atoms with Gasteiger partial charge < -0.3 is 20.7 Å². The number of amides is 1. The van der Waals surface area contributed by atoms with Gasteiger partial charge in [-0.2, -0.15) is 5.26 Å². The van der Waals surface area contributed by atoms with Gasteiger partial charge in [-0.15, -0.1) is 11.3 Å². The van der Waals surface area contributed by atoms with Crippen LogP contribution >= 0.6 is 11.3 Å². The topological polar surface area (TPSA) is 91.4 Å². The smallest absolute Gasteiger partial charge is 0.263 e. The van der Waals surface area contributed by atoms with Gasteiger partial charge in [0.1, 0.15) is 21.5 Å². The number of carbonyl (C=O) groups is 1. The van der Waals surface area contributed by atoms with Gasteiger partial charge in [0.05, 0.1) is 18.4 Å². The second-order valence-electron chi connectivity index (χ2n) is 4.56. The average molecular weight is 294 g/mol. The lowest BCUT2D eigenvalue weighted by Gasteiger charge is -2.33. The highest BCUT2D eigenvalue weighted by molar-refractivity contribution is 7.19. The number of anilines is 2. The number of nitrogen functional groups attached to an aromatic ring is 1. The third-order valence-corrected chi connectivity index (χ3v) is 4.62. The van der Waals surface area contributed by atoms with E-state index in [1.54, 1.807) is 7.05 Å². The third-order valence-electron chi connectivity index (χ3n) is 3.35. The van der Waals surface area contributed by atoms with Crippen LogP contribution in [0, 0.1) is 11.3 Å². The molecule has 6 nitrogen and oxygen atoms in total. The van der Waals surface area contributed by atoms with Crippen LogP contribution in [0.15, 0.2) is 0 Å². The third kappa shape index (κ3) is 2.57. The summed E-state index contributed by atoms with van der Waals surface area (Å²) in [5.74, 6) is -0.254. The van der Waals surface area contributed by atoms with Crippen molar-refractivity contribution < 1.29 is 9.53 Å². The molecule has 0 saturated carbocycles. The zero-order valence-corrected chi connectivity index (χ0v) is 12.4. The first-order chi connectivity index (χ1) is 9.62. The Kier molecular flexibility index (Phi) is 4.47. The number of nitrogens with two attached hydrogens (primary N) is 1. The van der Waals surface area contributed by atoms with E-state index < -0.39 is 0 Å². The predicted octanol–water partition coefficient (Wildman–Crippen LogP) is 1.18. The molecule has 0 aromatic carbocycles. The van der Waals surface area contributed by atoms with Crippen molar-refractivity contribution in [3.8, 4) is 6.07 Å². The van der Waals surface area contributed by atoms with E-state index in [4.69, 9.17) is 10.5 Å². The minimum atomic E-state index is -0.254. The van der Waals surface area contributed by atoms with E-state index >= 15 is 0 Å². The molecule has 3 N–H and O–H groups in total. The Bertz CT molecular complexity index is 549. The molecule has 0 bridgehead atoms. The quantitative estimate of drug-likeness (QED) is 0.873. The van der Waals surface area contributed by atoms with Crippen LogP contribution < -0.4 is 16.0 Å². The number of hydrogen-bond donors (Lipinski definition) is 2. The highest BCUT2D eigenvalue weighted by Gasteiger charge is 2.27. The van der Waals surface area contributed by atoms with Crippen molar-refractivity contribution in [1.82, 2.24) is 5.32 Å². The molecule has 1 fully saturated rings. The fraction of sp³-hybridized carbons (Fsp3) is 0.538. The molecule has 1 atom stereocenters. The van der Waals surface area contributed by atoms with E-state index in [1.165, 1.54) is 11.3 Å². The van der Waals surface area contributed by atoms with Crippen molar-refractivity contribution in [2.24, 2.45) is 0 Å². The molecule has 0 spiro atoms. The summed E-state index contributed by atoms with van der Waals surface area (Å²) in [5, 5.41) is 12.6. The summed E-state index contributed by atoms with van der Waals surface area (Å²) in [5.41, 5.74) is 6.60. The van der Waals surface area contributed by atoms with Crippen molar-refractivity contribution in [2.45, 2.75) is 19.4 Å². The molecule has 2 heterocycles. The maximum absolute atomic E-state index is 11.8. The van der Waals surface area contributed by atoms with Gasteiger partial charge in [0.2, 0.25) is 0 Å². The molecule has 1 aliphatic heterocycles. The van der Waals surface area contributed by atoms with Crippen LogP contribution in [0.2, 0.25) is 0 Å². The Balaban J connectivity index is 2.36. The molecule has 0 aliphatic carbocycles. The molecular weight excluding hydrogens is 276 g/mol. The maximum atomic E-state index is 11.8. The monoisotopic (exact) mass is 294 g/mol. The standard InChI is InChI=1S/C13H18N4O2S/c1-3-8-7-17(4-5-19-8)13-9(6-14)10(15)11(20-13)12(18)16-2/h8H,3-5,7,15H2,1-2H3,(H,16,18). The first-order valence-electron chi connectivity index (χ1n) is 6.53. The Morgan fingerprint density at radius 2 is 2.45 bits per heavy atom. The Labute approximate surface area is 122 Å². The number of thiophene rings is 1. The second-order valence-corrected chi connectivity index (χ2v) is 5.56. The van der Waals surface area contributed by atoms with Crippen LogP contribution in [0.3, 0.4) is 0 Å². The minimum absolute atomic E-state index is 0.155. The highest BCUT2D eigenvalue weighted by atomic mass is 32.1. The van der Waals surface area contributed by atoms with Gasteiger partial charge in [0, 0.05) is 20.1 Å². The van der Waals surface area contributed by atoms with Crippen molar-refractivity contribution >= 4 is 27.9 Å². The van der Waals surface area contributed by atoms with E-state index in [0.29, 0.717) is 23.6 Å². The van der Waals surface area contributed by atoms with Crippen LogP contribution in [0.4, 0.5) is 10.7 Å². The lowest BCUT2D eigenvalue weighted by molar-refractivity contribution is 0.0386. The van der Waals surface area contributed by atoms with Gasteiger partial charge in [0.25, 0.3) is 5.91 Å². The highest BCUT2D eigenvalue weighted by Crippen LogP contribution is 2.38. The van der Waals surface area contributed by atoms with Gasteiger partial charge in [0.15, 0.2) is 0 Å². The van der Waals surface area contributed by atoms with Gasteiger partial charge in [-0.25, -0.2) is 0 Å². The van der Waals surface area contributed by atoms with E-state index in [-0.39, 0.29) is 17.7 Å². The molecule has 2 rings (SSSR count). The first kappa shape index (κ1) is 14.6. The van der Waals surface area contributed by atoms with Gasteiger partial charge in [-0.3, -0.25) is 4.79 Å². The predicted molar refractivity (Wildman–Crippen MR) is 79.1 cm³/mol. The number of morpholine rings is 1. The molecular formula is C13H18N4O2S. The number of ether oxygens (including phenoxy) is 1. The summed E-state index contributed by atoms with van der Waals surface area (Å²) in [4.78, 5) is 14.3. The van der Waals surface area contributed by atoms with E-state index in [0.717, 1.165) is 18.0 Å². The van der Waals surface area contributed by atoms with Gasteiger partial charge >= 0.3 is 0 Å². The maximum Gasteiger partial charge on any atom is 0.263 e. The van der Waals surface area contributed by atoms with Crippen LogP contribution in [0.25, 0.3) is 0 Å². The van der Waals surface area contributed by atoms with Crippen molar-refractivity contribution in [1.29, 1.82) is 5.26 Å². The van der Waals surface area contributed by atoms with Crippen LogP contribution in [0.1, 0.15) is 28.6 Å². The zero-order valence-electron chi connectivity index (χ0n) is 11.6.